The molecular weight excluding hydrogens is 281 g/mol. The summed E-state index contributed by atoms with van der Waals surface area (Å²) in [6, 6.07) is 13.7. The number of aryl methyl sites for hydroxylation is 1. The van der Waals surface area contributed by atoms with Crippen LogP contribution in [-0.2, 0) is 0 Å². The van der Waals surface area contributed by atoms with Gasteiger partial charge in [0.1, 0.15) is 11.5 Å². The molecule has 2 aromatic carbocycles. The van der Waals surface area contributed by atoms with E-state index in [0.717, 1.165) is 22.6 Å². The second-order valence-electron chi connectivity index (χ2n) is 5.02. The van der Waals surface area contributed by atoms with Gasteiger partial charge in [-0.2, -0.15) is 9.78 Å². The Morgan fingerprint density at radius 3 is 2.64 bits per heavy atom. The Labute approximate surface area is 126 Å². The van der Waals surface area contributed by atoms with Gasteiger partial charge in [0.2, 0.25) is 5.88 Å². The number of aromatic nitrogens is 2. The van der Waals surface area contributed by atoms with Crippen molar-refractivity contribution in [3.05, 3.63) is 65.6 Å². The Morgan fingerprint density at radius 1 is 1.05 bits per heavy atom. The van der Waals surface area contributed by atoms with Crippen molar-refractivity contribution in [1.29, 1.82) is 0 Å². The smallest absolute Gasteiger partial charge is 0.231 e. The van der Waals surface area contributed by atoms with Gasteiger partial charge >= 0.3 is 0 Å². The quantitative estimate of drug-likeness (QED) is 0.528. The molecule has 0 atom stereocenters. The molecule has 0 N–H and O–H groups in total. The summed E-state index contributed by atoms with van der Waals surface area (Å²) in [5, 5.41) is 4.48. The summed E-state index contributed by atoms with van der Waals surface area (Å²) in [5.41, 5.74) is 3.12. The summed E-state index contributed by atoms with van der Waals surface area (Å²) in [5.74, 6) is 0.963. The molecule has 0 amide bonds. The molecule has 1 aliphatic heterocycles. The lowest BCUT2D eigenvalue weighted by Gasteiger charge is -2.09. The first-order valence-electron chi connectivity index (χ1n) is 6.89. The van der Waals surface area contributed by atoms with Gasteiger partial charge in [-0.1, -0.05) is 12.1 Å². The second-order valence-corrected chi connectivity index (χ2v) is 5.02. The molecule has 5 heteroatoms. The molecule has 0 unspecified atom stereocenters. The highest BCUT2D eigenvalue weighted by atomic mass is 19.1. The van der Waals surface area contributed by atoms with E-state index in [-0.39, 0.29) is 5.82 Å². The highest BCUT2D eigenvalue weighted by Gasteiger charge is 2.20. The van der Waals surface area contributed by atoms with Crippen molar-refractivity contribution in [2.75, 3.05) is 0 Å². The number of nitrogens with zero attached hydrogens (tertiary/aromatic N) is 3. The van der Waals surface area contributed by atoms with Crippen molar-refractivity contribution in [1.82, 2.24) is 9.78 Å². The lowest BCUT2D eigenvalue weighted by Crippen LogP contribution is -2.00. The average Bonchev–Trinajstić information content (AvgIpc) is 2.72. The van der Waals surface area contributed by atoms with Gasteiger partial charge in [0, 0.05) is 6.21 Å². The summed E-state index contributed by atoms with van der Waals surface area (Å²) < 4.78 is 20.8. The van der Waals surface area contributed by atoms with Gasteiger partial charge in [-0.05, 0) is 43.3 Å². The molecule has 3 aromatic rings. The maximum atomic E-state index is 13.1. The normalized spacial score (nSPS) is 12.3. The summed E-state index contributed by atoms with van der Waals surface area (Å²) in [7, 11) is 0. The summed E-state index contributed by atoms with van der Waals surface area (Å²) >= 11 is 0. The largest absolute Gasteiger partial charge is 0.436 e. The van der Waals surface area contributed by atoms with Crippen LogP contribution < -0.4 is 4.74 Å². The molecule has 0 bridgehead atoms. The number of para-hydroxylation sites is 2. The Kier molecular flexibility index (Phi) is 2.79. The van der Waals surface area contributed by atoms with Crippen LogP contribution in [0.5, 0.6) is 11.6 Å². The van der Waals surface area contributed by atoms with Crippen molar-refractivity contribution in [3.63, 3.8) is 0 Å². The van der Waals surface area contributed by atoms with E-state index in [9.17, 15) is 4.39 Å². The molecule has 22 heavy (non-hydrogen) atoms. The number of fused-ring (bicyclic) bond motifs is 2. The van der Waals surface area contributed by atoms with E-state index in [1.54, 1.807) is 23.0 Å². The van der Waals surface area contributed by atoms with Crippen LogP contribution >= 0.6 is 0 Å². The molecule has 0 saturated carbocycles. The molecule has 0 saturated heterocycles. The molecule has 0 spiro atoms. The number of aliphatic imine (C=N–C) groups is 1. The number of benzene rings is 2. The third-order valence-corrected chi connectivity index (χ3v) is 3.54. The van der Waals surface area contributed by atoms with Crippen molar-refractivity contribution < 1.29 is 9.13 Å². The first kappa shape index (κ1) is 12.8. The molecule has 1 aliphatic rings. The zero-order valence-electron chi connectivity index (χ0n) is 11.8. The maximum Gasteiger partial charge on any atom is 0.231 e. The molecule has 0 radical (unpaired) electrons. The molecule has 0 fully saturated rings. The van der Waals surface area contributed by atoms with Gasteiger partial charge in [-0.3, -0.25) is 4.99 Å². The Morgan fingerprint density at radius 2 is 1.82 bits per heavy atom. The number of hydrogen-bond donors (Lipinski definition) is 0. The molecule has 4 rings (SSSR count). The van der Waals surface area contributed by atoms with E-state index in [4.69, 9.17) is 4.74 Å². The Balaban J connectivity index is 1.89. The van der Waals surface area contributed by atoms with E-state index in [0.29, 0.717) is 11.6 Å². The van der Waals surface area contributed by atoms with Gasteiger partial charge < -0.3 is 4.74 Å². The zero-order valence-corrected chi connectivity index (χ0v) is 11.8. The maximum absolute atomic E-state index is 13.1. The SMILES string of the molecule is Cc1nn(-c2ccc(F)cc2)c2c1C=Nc1ccccc1O2. The van der Waals surface area contributed by atoms with Crippen LogP contribution in [0.15, 0.2) is 53.5 Å². The molecular formula is C17H12FN3O. The Bertz CT molecular complexity index is 881. The summed E-state index contributed by atoms with van der Waals surface area (Å²) in [6.45, 7) is 1.89. The number of halogens is 1. The topological polar surface area (TPSA) is 39.4 Å². The number of hydrogen-bond acceptors (Lipinski definition) is 3. The van der Waals surface area contributed by atoms with Crippen LogP contribution in [0.2, 0.25) is 0 Å². The minimum absolute atomic E-state index is 0.286. The molecule has 2 heterocycles. The van der Waals surface area contributed by atoms with Crippen molar-refractivity contribution in [2.24, 2.45) is 4.99 Å². The lowest BCUT2D eigenvalue weighted by atomic mass is 10.2. The predicted molar refractivity (Wildman–Crippen MR) is 82.0 cm³/mol. The van der Waals surface area contributed by atoms with Crippen LogP contribution in [0.3, 0.4) is 0 Å². The second kappa shape index (κ2) is 4.80. The lowest BCUT2D eigenvalue weighted by molar-refractivity contribution is 0.446. The average molecular weight is 293 g/mol. The van der Waals surface area contributed by atoms with Gasteiger partial charge in [0.15, 0.2) is 5.75 Å². The van der Waals surface area contributed by atoms with E-state index in [1.807, 2.05) is 31.2 Å². The van der Waals surface area contributed by atoms with E-state index in [1.165, 1.54) is 12.1 Å². The van der Waals surface area contributed by atoms with Crippen molar-refractivity contribution >= 4 is 11.9 Å². The van der Waals surface area contributed by atoms with Crippen LogP contribution in [0, 0.1) is 12.7 Å². The zero-order chi connectivity index (χ0) is 15.1. The summed E-state index contributed by atoms with van der Waals surface area (Å²) in [4.78, 5) is 4.45. The first-order chi connectivity index (χ1) is 10.7. The highest BCUT2D eigenvalue weighted by molar-refractivity contribution is 5.88. The van der Waals surface area contributed by atoms with Crippen LogP contribution in [0.25, 0.3) is 5.69 Å². The predicted octanol–water partition coefficient (Wildman–Crippen LogP) is 4.18. The van der Waals surface area contributed by atoms with Gasteiger partial charge in [0.25, 0.3) is 0 Å². The fraction of sp³-hybridized carbons (Fsp3) is 0.0588. The highest BCUT2D eigenvalue weighted by Crippen LogP contribution is 2.37. The number of ether oxygens (including phenoxy) is 1. The third kappa shape index (κ3) is 1.98. The molecule has 1 aromatic heterocycles. The summed E-state index contributed by atoms with van der Waals surface area (Å²) in [6.07, 6.45) is 1.75. The first-order valence-corrected chi connectivity index (χ1v) is 6.89. The van der Waals surface area contributed by atoms with Crippen molar-refractivity contribution in [3.8, 4) is 17.3 Å². The van der Waals surface area contributed by atoms with Gasteiger partial charge in [-0.25, -0.2) is 4.39 Å². The van der Waals surface area contributed by atoms with Crippen molar-refractivity contribution in [2.45, 2.75) is 6.92 Å². The Hall–Kier alpha value is -2.95. The van der Waals surface area contributed by atoms with Gasteiger partial charge in [-0.15, -0.1) is 0 Å². The number of rotatable bonds is 1. The molecule has 4 nitrogen and oxygen atoms in total. The van der Waals surface area contributed by atoms with Crippen LogP contribution in [-0.4, -0.2) is 16.0 Å². The monoisotopic (exact) mass is 293 g/mol. The standard InChI is InChI=1S/C17H12FN3O/c1-11-14-10-19-15-4-2-3-5-16(15)22-17(14)21(20-11)13-8-6-12(18)7-9-13/h2-10H,1H3. The van der Waals surface area contributed by atoms with Gasteiger partial charge in [0.05, 0.1) is 16.9 Å². The van der Waals surface area contributed by atoms with E-state index in [2.05, 4.69) is 10.1 Å². The van der Waals surface area contributed by atoms with Crippen LogP contribution in [0.1, 0.15) is 11.3 Å². The fourth-order valence-corrected chi connectivity index (χ4v) is 2.41. The van der Waals surface area contributed by atoms with E-state index < -0.39 is 0 Å². The fourth-order valence-electron chi connectivity index (χ4n) is 2.41. The minimum Gasteiger partial charge on any atom is -0.436 e. The van der Waals surface area contributed by atoms with Crippen LogP contribution in [0.4, 0.5) is 10.1 Å². The minimum atomic E-state index is -0.286. The molecule has 0 aliphatic carbocycles. The molecule has 108 valence electrons. The third-order valence-electron chi connectivity index (χ3n) is 3.54. The van der Waals surface area contributed by atoms with E-state index >= 15 is 0 Å².